The van der Waals surface area contributed by atoms with E-state index in [9.17, 15) is 0 Å². The molecule has 0 saturated heterocycles. The molecule has 0 atom stereocenters. The Morgan fingerprint density at radius 1 is 0.558 bits per heavy atom. The third kappa shape index (κ3) is 4.81. The van der Waals surface area contributed by atoms with Gasteiger partial charge in [-0.1, -0.05) is 135 Å². The molecule has 8 aromatic rings. The highest BCUT2D eigenvalue weighted by Crippen LogP contribution is 2.53. The average molecular weight is 668 g/mol. The molecule has 0 aliphatic heterocycles. The van der Waals surface area contributed by atoms with E-state index < -0.39 is 0 Å². The summed E-state index contributed by atoms with van der Waals surface area (Å²) in [5.74, 6) is 0.712. The van der Waals surface area contributed by atoms with Crippen LogP contribution >= 0.6 is 0 Å². The first-order valence-corrected chi connectivity index (χ1v) is 18.2. The van der Waals surface area contributed by atoms with Crippen molar-refractivity contribution in [1.29, 1.82) is 0 Å². The Hall–Kier alpha value is -6.32. The predicted octanol–water partition coefficient (Wildman–Crippen LogP) is 12.6. The number of hydrogen-bond donors (Lipinski definition) is 0. The Morgan fingerprint density at radius 2 is 1.23 bits per heavy atom. The second-order valence-corrected chi connectivity index (χ2v) is 14.5. The fourth-order valence-electron chi connectivity index (χ4n) is 8.43. The zero-order valence-corrected chi connectivity index (χ0v) is 29.3. The van der Waals surface area contributed by atoms with E-state index in [2.05, 4.69) is 176 Å². The second kappa shape index (κ2) is 11.9. The number of benzene rings is 6. The molecule has 0 fully saturated rings. The lowest BCUT2D eigenvalue weighted by Gasteiger charge is -2.21. The van der Waals surface area contributed by atoms with Crippen molar-refractivity contribution in [3.63, 3.8) is 0 Å². The van der Waals surface area contributed by atoms with Gasteiger partial charge in [-0.3, -0.25) is 0 Å². The molecular formula is C49H37N3. The van der Waals surface area contributed by atoms with Crippen LogP contribution in [0, 0.1) is 0 Å². The molecule has 0 bridgehead atoms. The fraction of sp³-hybridized carbons (Fsp3) is 0.102. The molecule has 2 aliphatic rings. The molecule has 2 aromatic heterocycles. The summed E-state index contributed by atoms with van der Waals surface area (Å²) in [5.41, 5.74) is 16.4. The average Bonchev–Trinajstić information content (AvgIpc) is 3.67. The van der Waals surface area contributed by atoms with Gasteiger partial charge in [0.15, 0.2) is 5.82 Å². The van der Waals surface area contributed by atoms with Gasteiger partial charge in [0.25, 0.3) is 0 Å². The lowest BCUT2D eigenvalue weighted by atomic mass is 9.82. The lowest BCUT2D eigenvalue weighted by Crippen LogP contribution is -2.14. The molecule has 0 amide bonds. The number of rotatable bonds is 5. The van der Waals surface area contributed by atoms with Gasteiger partial charge in [0, 0.05) is 38.6 Å². The van der Waals surface area contributed by atoms with Crippen molar-refractivity contribution in [1.82, 2.24) is 14.5 Å². The van der Waals surface area contributed by atoms with Gasteiger partial charge in [-0.25, -0.2) is 9.97 Å². The van der Waals surface area contributed by atoms with Gasteiger partial charge in [-0.05, 0) is 88.7 Å². The summed E-state index contributed by atoms with van der Waals surface area (Å²) in [7, 11) is 0. The molecule has 0 radical (unpaired) electrons. The number of para-hydroxylation sites is 1. The summed E-state index contributed by atoms with van der Waals surface area (Å²) in [4.78, 5) is 10.3. The van der Waals surface area contributed by atoms with Gasteiger partial charge in [0.2, 0.25) is 0 Å². The van der Waals surface area contributed by atoms with E-state index in [0.717, 1.165) is 46.6 Å². The summed E-state index contributed by atoms with van der Waals surface area (Å²) < 4.78 is 2.41. The van der Waals surface area contributed by atoms with E-state index in [1.807, 2.05) is 6.07 Å². The van der Waals surface area contributed by atoms with Crippen molar-refractivity contribution < 1.29 is 0 Å². The first-order valence-electron chi connectivity index (χ1n) is 18.2. The van der Waals surface area contributed by atoms with Crippen molar-refractivity contribution in [3.05, 3.63) is 181 Å². The summed E-state index contributed by atoms with van der Waals surface area (Å²) >= 11 is 0. The molecule has 3 nitrogen and oxygen atoms in total. The van der Waals surface area contributed by atoms with Crippen LogP contribution in [0.25, 0.3) is 78.1 Å². The molecule has 2 aliphatic carbocycles. The first-order chi connectivity index (χ1) is 25.5. The van der Waals surface area contributed by atoms with E-state index in [0.29, 0.717) is 5.82 Å². The Kier molecular flexibility index (Phi) is 6.97. The third-order valence-electron chi connectivity index (χ3n) is 11.1. The van der Waals surface area contributed by atoms with Gasteiger partial charge < -0.3 is 4.57 Å². The molecule has 6 aromatic carbocycles. The lowest BCUT2D eigenvalue weighted by molar-refractivity contribution is 0.661. The molecular weight excluding hydrogens is 631 g/mol. The fourth-order valence-corrected chi connectivity index (χ4v) is 8.43. The van der Waals surface area contributed by atoms with Crippen molar-refractivity contribution in [3.8, 4) is 50.7 Å². The minimum absolute atomic E-state index is 0.0511. The molecule has 2 heterocycles. The SMILES string of the molecule is CC1(C)c2ccccc2-c2c1ccc1c2c2ccccc2n1-c1ccc(-c2nc(-c3ccccc3)cc(-c3ccc(C4=CCCC=C4)cc3)n2)cc1. The minimum Gasteiger partial charge on any atom is -0.309 e. The molecule has 0 unspecified atom stereocenters. The van der Waals surface area contributed by atoms with Crippen LogP contribution in [0.4, 0.5) is 0 Å². The standard InChI is InChI=1S/C49H37N3/c1-49(2)40-19-11-9-17-38(40)46-41(49)29-30-45-47(46)39-18-10-12-20-44(39)52(45)37-27-25-36(26-28-37)48-50-42(34-15-7-4-8-16-34)31-43(51-48)35-23-21-33(22-24-35)32-13-5-3-6-14-32/h4-5,7-31H,3,6H2,1-2H3. The molecule has 248 valence electrons. The molecule has 0 spiro atoms. The number of hydrogen-bond acceptors (Lipinski definition) is 2. The third-order valence-corrected chi connectivity index (χ3v) is 11.1. The summed E-state index contributed by atoms with van der Waals surface area (Å²) in [6.45, 7) is 4.70. The highest BCUT2D eigenvalue weighted by molar-refractivity contribution is 6.17. The van der Waals surface area contributed by atoms with Crippen molar-refractivity contribution in [2.45, 2.75) is 32.1 Å². The minimum atomic E-state index is -0.0511. The monoisotopic (exact) mass is 667 g/mol. The van der Waals surface area contributed by atoms with Gasteiger partial charge in [0.1, 0.15) is 0 Å². The zero-order chi connectivity index (χ0) is 34.8. The first kappa shape index (κ1) is 30.5. The largest absolute Gasteiger partial charge is 0.309 e. The smallest absolute Gasteiger partial charge is 0.160 e. The van der Waals surface area contributed by atoms with Crippen molar-refractivity contribution in [2.75, 3.05) is 0 Å². The van der Waals surface area contributed by atoms with Gasteiger partial charge >= 0.3 is 0 Å². The Morgan fingerprint density at radius 3 is 2.00 bits per heavy atom. The van der Waals surface area contributed by atoms with Crippen LogP contribution in [-0.2, 0) is 5.41 Å². The van der Waals surface area contributed by atoms with Crippen molar-refractivity contribution >= 4 is 27.4 Å². The molecule has 10 rings (SSSR count). The van der Waals surface area contributed by atoms with Crippen LogP contribution in [0.15, 0.2) is 164 Å². The topological polar surface area (TPSA) is 30.7 Å². The Bertz CT molecular complexity index is 2730. The number of nitrogens with zero attached hydrogens (tertiary/aromatic N) is 3. The van der Waals surface area contributed by atoms with Crippen LogP contribution in [0.1, 0.15) is 43.4 Å². The van der Waals surface area contributed by atoms with Crippen LogP contribution in [0.2, 0.25) is 0 Å². The van der Waals surface area contributed by atoms with Gasteiger partial charge in [0.05, 0.1) is 22.4 Å². The molecule has 3 heteroatoms. The highest BCUT2D eigenvalue weighted by atomic mass is 15.0. The maximum Gasteiger partial charge on any atom is 0.160 e. The van der Waals surface area contributed by atoms with E-state index in [1.54, 1.807) is 0 Å². The van der Waals surface area contributed by atoms with Crippen LogP contribution in [-0.4, -0.2) is 14.5 Å². The maximum atomic E-state index is 5.16. The van der Waals surface area contributed by atoms with Crippen LogP contribution in [0.5, 0.6) is 0 Å². The second-order valence-electron chi connectivity index (χ2n) is 14.5. The van der Waals surface area contributed by atoms with Crippen LogP contribution in [0.3, 0.4) is 0 Å². The quantitative estimate of drug-likeness (QED) is 0.183. The Labute approximate surface area is 304 Å². The summed E-state index contributed by atoms with van der Waals surface area (Å²) in [6, 6.07) is 52.4. The van der Waals surface area contributed by atoms with Gasteiger partial charge in [-0.2, -0.15) is 0 Å². The van der Waals surface area contributed by atoms with Gasteiger partial charge in [-0.15, -0.1) is 0 Å². The molecule has 52 heavy (non-hydrogen) atoms. The Balaban J connectivity index is 1.09. The number of allylic oxidation sites excluding steroid dienone is 4. The molecule has 0 saturated carbocycles. The summed E-state index contributed by atoms with van der Waals surface area (Å²) in [6.07, 6.45) is 9.00. The number of fused-ring (bicyclic) bond motifs is 7. The normalized spacial score (nSPS) is 14.4. The van der Waals surface area contributed by atoms with E-state index >= 15 is 0 Å². The van der Waals surface area contributed by atoms with Crippen molar-refractivity contribution in [2.24, 2.45) is 0 Å². The maximum absolute atomic E-state index is 5.16. The molecule has 0 N–H and O–H groups in total. The summed E-state index contributed by atoms with van der Waals surface area (Å²) in [5, 5.41) is 2.59. The zero-order valence-electron chi connectivity index (χ0n) is 29.3. The predicted molar refractivity (Wildman–Crippen MR) is 217 cm³/mol. The van der Waals surface area contributed by atoms with E-state index in [-0.39, 0.29) is 5.41 Å². The number of aromatic nitrogens is 3. The van der Waals surface area contributed by atoms with E-state index in [4.69, 9.17) is 9.97 Å². The van der Waals surface area contributed by atoms with E-state index in [1.165, 1.54) is 55.2 Å². The van der Waals surface area contributed by atoms with Crippen LogP contribution < -0.4 is 0 Å². The highest BCUT2D eigenvalue weighted by Gasteiger charge is 2.37.